The molecule has 2 aromatic carbocycles. The number of carbonyl (C=O) groups excluding carboxylic acids is 1. The van der Waals surface area contributed by atoms with Gasteiger partial charge in [0.2, 0.25) is 10.0 Å². The topological polar surface area (TPSA) is 87.7 Å². The van der Waals surface area contributed by atoms with Crippen molar-refractivity contribution >= 4 is 33.0 Å². The molecule has 2 N–H and O–H groups in total. The monoisotopic (exact) mass is 503 g/mol. The number of morpholine rings is 1. The summed E-state index contributed by atoms with van der Waals surface area (Å²) in [6.07, 6.45) is -0.831. The van der Waals surface area contributed by atoms with E-state index in [1.54, 1.807) is 13.8 Å². The van der Waals surface area contributed by atoms with Gasteiger partial charge in [0.1, 0.15) is 11.4 Å². The van der Waals surface area contributed by atoms with E-state index in [0.717, 1.165) is 4.90 Å². The van der Waals surface area contributed by atoms with Gasteiger partial charge >= 0.3 is 0 Å². The maximum absolute atomic E-state index is 14.8. The minimum absolute atomic E-state index is 0.0235. The van der Waals surface area contributed by atoms with Gasteiger partial charge in [0.25, 0.3) is 5.91 Å². The number of hydrogen-bond donors (Lipinski definition) is 2. The molecule has 0 radical (unpaired) electrons. The molecule has 7 nitrogen and oxygen atoms in total. The number of nitrogens with one attached hydrogen (secondary N) is 2. The van der Waals surface area contributed by atoms with Gasteiger partial charge < -0.3 is 15.0 Å². The molecule has 0 bridgehead atoms. The van der Waals surface area contributed by atoms with Crippen LogP contribution in [0, 0.1) is 23.3 Å². The molecule has 1 aliphatic rings. The number of ether oxygens (including phenoxy) is 1. The minimum atomic E-state index is -3.62. The first kappa shape index (κ1) is 25.8. The molecule has 1 amide bonds. The number of rotatable bonds is 6. The van der Waals surface area contributed by atoms with Crippen molar-refractivity contribution in [3.05, 3.63) is 53.1 Å². The molecule has 0 aromatic heterocycles. The highest BCUT2D eigenvalue weighted by Crippen LogP contribution is 2.35. The van der Waals surface area contributed by atoms with Gasteiger partial charge in [-0.3, -0.25) is 9.52 Å². The minimum Gasteiger partial charge on any atom is -0.372 e. The lowest BCUT2D eigenvalue weighted by atomic mass is 10.1. The Hall–Kier alpha value is -2.86. The van der Waals surface area contributed by atoms with Gasteiger partial charge in [0.05, 0.1) is 17.5 Å². The molecule has 1 heterocycles. The molecular weight excluding hydrogens is 478 g/mol. The maximum Gasteiger partial charge on any atom is 0.255 e. The second-order valence-corrected chi connectivity index (χ2v) is 10.6. The van der Waals surface area contributed by atoms with Crippen LogP contribution in [-0.2, 0) is 14.8 Å². The normalized spacial score (nSPS) is 18.8. The van der Waals surface area contributed by atoms with Crippen LogP contribution >= 0.6 is 0 Å². The maximum atomic E-state index is 14.8. The third-order valence-corrected chi connectivity index (χ3v) is 7.00. The SMILES string of the molecule is CC1CN(c2c(F)c(F)c(NC(=O)c3ccc(NS(=O)(=O)C(C)C)cc3)c(F)c2F)C[C@@H](C)O1. The Morgan fingerprint density at radius 2 is 1.47 bits per heavy atom. The van der Waals surface area contributed by atoms with E-state index in [1.807, 2.05) is 5.32 Å². The van der Waals surface area contributed by atoms with Crippen molar-refractivity contribution in [2.45, 2.75) is 45.2 Å². The summed E-state index contributed by atoms with van der Waals surface area (Å²) in [5, 5.41) is 1.16. The lowest BCUT2D eigenvalue weighted by Gasteiger charge is -2.37. The largest absolute Gasteiger partial charge is 0.372 e. The number of benzene rings is 2. The molecule has 34 heavy (non-hydrogen) atoms. The van der Waals surface area contributed by atoms with E-state index in [-0.39, 0.29) is 24.3 Å². The Morgan fingerprint density at radius 3 is 1.94 bits per heavy atom. The summed E-state index contributed by atoms with van der Waals surface area (Å²) in [4.78, 5) is 13.6. The molecule has 1 unspecified atom stereocenters. The lowest BCUT2D eigenvalue weighted by molar-refractivity contribution is -0.00566. The predicted octanol–water partition coefficient (Wildman–Crippen LogP) is 4.26. The van der Waals surface area contributed by atoms with Crippen molar-refractivity contribution in [3.8, 4) is 0 Å². The summed E-state index contributed by atoms with van der Waals surface area (Å²) in [6.45, 7) is 6.34. The Kier molecular flexibility index (Phi) is 7.41. The van der Waals surface area contributed by atoms with Crippen LogP contribution in [0.3, 0.4) is 0 Å². The van der Waals surface area contributed by atoms with Crippen LogP contribution in [-0.4, -0.2) is 44.9 Å². The second kappa shape index (κ2) is 9.79. The van der Waals surface area contributed by atoms with Crippen LogP contribution in [0.4, 0.5) is 34.6 Å². The molecule has 1 fully saturated rings. The smallest absolute Gasteiger partial charge is 0.255 e. The van der Waals surface area contributed by atoms with E-state index in [0.29, 0.717) is 0 Å². The molecule has 1 saturated heterocycles. The van der Waals surface area contributed by atoms with Crippen LogP contribution in [0.5, 0.6) is 0 Å². The van der Waals surface area contributed by atoms with Gasteiger partial charge in [-0.25, -0.2) is 26.0 Å². The fourth-order valence-corrected chi connectivity index (χ4v) is 4.23. The molecule has 2 atom stereocenters. The van der Waals surface area contributed by atoms with Crippen molar-refractivity contribution < 1.29 is 35.5 Å². The van der Waals surface area contributed by atoms with Gasteiger partial charge in [0, 0.05) is 24.3 Å². The summed E-state index contributed by atoms with van der Waals surface area (Å²) in [5.41, 5.74) is -2.08. The molecule has 0 saturated carbocycles. The Morgan fingerprint density at radius 1 is 0.971 bits per heavy atom. The van der Waals surface area contributed by atoms with Gasteiger partial charge in [-0.15, -0.1) is 0 Å². The first-order valence-electron chi connectivity index (χ1n) is 10.5. The number of halogens is 4. The number of nitrogens with zero attached hydrogens (tertiary/aromatic N) is 1. The third kappa shape index (κ3) is 5.27. The summed E-state index contributed by atoms with van der Waals surface area (Å²) in [6, 6.07) is 4.93. The second-order valence-electron chi connectivity index (χ2n) is 8.37. The average Bonchev–Trinajstić information content (AvgIpc) is 2.75. The van der Waals surface area contributed by atoms with Crippen LogP contribution in [0.2, 0.25) is 0 Å². The number of carbonyl (C=O) groups is 1. The van der Waals surface area contributed by atoms with E-state index in [4.69, 9.17) is 4.74 Å². The highest BCUT2D eigenvalue weighted by atomic mass is 32.2. The summed E-state index contributed by atoms with van der Waals surface area (Å²) in [7, 11) is -3.62. The fourth-order valence-electron chi connectivity index (χ4n) is 3.53. The molecular formula is C22H25F4N3O4S. The van der Waals surface area contributed by atoms with Crippen LogP contribution in [0.1, 0.15) is 38.1 Å². The van der Waals surface area contributed by atoms with E-state index >= 15 is 0 Å². The van der Waals surface area contributed by atoms with Gasteiger partial charge in [-0.05, 0) is 52.0 Å². The zero-order valence-electron chi connectivity index (χ0n) is 19.0. The van der Waals surface area contributed by atoms with Crippen molar-refractivity contribution in [2.75, 3.05) is 28.0 Å². The van der Waals surface area contributed by atoms with Crippen molar-refractivity contribution in [2.24, 2.45) is 0 Å². The fraction of sp³-hybridized carbons (Fsp3) is 0.409. The van der Waals surface area contributed by atoms with Crippen molar-refractivity contribution in [1.82, 2.24) is 0 Å². The highest BCUT2D eigenvalue weighted by Gasteiger charge is 2.33. The number of hydrogen-bond acceptors (Lipinski definition) is 5. The van der Waals surface area contributed by atoms with Crippen LogP contribution in [0.15, 0.2) is 24.3 Å². The Labute approximate surface area is 195 Å². The van der Waals surface area contributed by atoms with Crippen molar-refractivity contribution in [3.63, 3.8) is 0 Å². The molecule has 186 valence electrons. The van der Waals surface area contributed by atoms with Crippen molar-refractivity contribution in [1.29, 1.82) is 0 Å². The standard InChI is InChI=1S/C22H25F4N3O4S/c1-11(2)34(31,32)28-15-7-5-14(6-8-15)22(30)27-20-16(23)18(25)21(19(26)17(20)24)29-9-12(3)33-13(4)10-29/h5-8,11-13,28H,9-10H2,1-4H3,(H,27,30)/t12-,13?/m1/s1. The molecule has 2 aromatic rings. The average molecular weight is 504 g/mol. The number of anilines is 3. The summed E-state index contributed by atoms with van der Waals surface area (Å²) >= 11 is 0. The Bertz CT molecular complexity index is 1150. The van der Waals surface area contributed by atoms with E-state index in [1.165, 1.54) is 38.1 Å². The van der Waals surface area contributed by atoms with Gasteiger partial charge in [-0.1, -0.05) is 0 Å². The van der Waals surface area contributed by atoms with Crippen LogP contribution in [0.25, 0.3) is 0 Å². The van der Waals surface area contributed by atoms with E-state index in [9.17, 15) is 30.8 Å². The summed E-state index contributed by atoms with van der Waals surface area (Å²) in [5.74, 6) is -7.79. The predicted molar refractivity (Wildman–Crippen MR) is 121 cm³/mol. The molecule has 12 heteroatoms. The number of sulfonamides is 1. The first-order valence-corrected chi connectivity index (χ1v) is 12.1. The quantitative estimate of drug-likeness (QED) is 0.455. The Balaban J connectivity index is 1.85. The van der Waals surface area contributed by atoms with Gasteiger partial charge in [0.15, 0.2) is 23.3 Å². The van der Waals surface area contributed by atoms with Crippen LogP contribution < -0.4 is 14.9 Å². The molecule has 0 spiro atoms. The zero-order valence-corrected chi connectivity index (χ0v) is 19.8. The first-order chi connectivity index (χ1) is 15.8. The number of amides is 1. The zero-order chi connectivity index (χ0) is 25.4. The lowest BCUT2D eigenvalue weighted by Crippen LogP contribution is -2.46. The summed E-state index contributed by atoms with van der Waals surface area (Å²) < 4.78 is 90.7. The third-order valence-electron chi connectivity index (χ3n) is 5.24. The van der Waals surface area contributed by atoms with Gasteiger partial charge in [-0.2, -0.15) is 0 Å². The molecule has 0 aliphatic carbocycles. The van der Waals surface area contributed by atoms with E-state index in [2.05, 4.69) is 4.72 Å². The highest BCUT2D eigenvalue weighted by molar-refractivity contribution is 7.93. The molecule has 3 rings (SSSR count). The molecule has 1 aliphatic heterocycles. The van der Waals surface area contributed by atoms with E-state index < -0.39 is 68.0 Å².